The number of nitrogens with one attached hydrogen (secondary N) is 1. The summed E-state index contributed by atoms with van der Waals surface area (Å²) >= 11 is 2.67. The lowest BCUT2D eigenvalue weighted by Crippen LogP contribution is -2.14. The Morgan fingerprint density at radius 1 is 1.29 bits per heavy atom. The molecule has 1 amide bonds. The molecule has 122 valence electrons. The van der Waals surface area contributed by atoms with Crippen molar-refractivity contribution in [2.45, 2.75) is 24.0 Å². The topological polar surface area (TPSA) is 98.5 Å². The van der Waals surface area contributed by atoms with Crippen molar-refractivity contribution in [3.63, 3.8) is 0 Å². The second-order valence-electron chi connectivity index (χ2n) is 5.22. The van der Waals surface area contributed by atoms with Gasteiger partial charge in [0.25, 0.3) is 0 Å². The molecule has 0 spiro atoms. The Kier molecular flexibility index (Phi) is 4.22. The number of pyridine rings is 1. The van der Waals surface area contributed by atoms with Gasteiger partial charge < -0.3 is 0 Å². The Labute approximate surface area is 145 Å². The molecule has 0 aliphatic heterocycles. The molecule has 0 unspecified atom stereocenters. The number of rotatable bonds is 6. The molecule has 0 aromatic carbocycles. The number of carbonyl (C=O) groups is 1. The van der Waals surface area contributed by atoms with Gasteiger partial charge in [0.05, 0.1) is 5.75 Å². The highest BCUT2D eigenvalue weighted by Crippen LogP contribution is 2.40. The van der Waals surface area contributed by atoms with Gasteiger partial charge in [-0.3, -0.25) is 19.7 Å². The highest BCUT2D eigenvalue weighted by molar-refractivity contribution is 7.99. The van der Waals surface area contributed by atoms with E-state index in [2.05, 4.69) is 35.3 Å². The minimum Gasteiger partial charge on any atom is -0.300 e. The molecule has 8 nitrogen and oxygen atoms in total. The van der Waals surface area contributed by atoms with Crippen molar-refractivity contribution in [1.82, 2.24) is 29.9 Å². The number of amides is 1. The summed E-state index contributed by atoms with van der Waals surface area (Å²) in [7, 11) is 0. The van der Waals surface area contributed by atoms with Crippen molar-refractivity contribution >= 4 is 34.1 Å². The van der Waals surface area contributed by atoms with Crippen LogP contribution in [0, 0.1) is 0 Å². The largest absolute Gasteiger partial charge is 0.300 e. The Morgan fingerprint density at radius 3 is 2.83 bits per heavy atom. The molecule has 1 N–H and O–H groups in total. The molecule has 0 radical (unpaired) electrons. The minimum atomic E-state index is -0.132. The average Bonchev–Trinajstić information content (AvgIpc) is 3.15. The summed E-state index contributed by atoms with van der Waals surface area (Å²) in [6, 6.07) is 4.25. The van der Waals surface area contributed by atoms with E-state index in [1.54, 1.807) is 17.9 Å². The van der Waals surface area contributed by atoms with Crippen LogP contribution < -0.4 is 5.32 Å². The second-order valence-corrected chi connectivity index (χ2v) is 7.00. The molecule has 1 aliphatic carbocycles. The normalized spacial score (nSPS) is 13.8. The maximum Gasteiger partial charge on any atom is 0.236 e. The zero-order valence-electron chi connectivity index (χ0n) is 12.5. The van der Waals surface area contributed by atoms with Crippen LogP contribution in [0.5, 0.6) is 0 Å². The Morgan fingerprint density at radius 2 is 2.12 bits per heavy atom. The monoisotopic (exact) mass is 359 g/mol. The third kappa shape index (κ3) is 3.29. The number of nitrogens with zero attached hydrogens (tertiary/aromatic N) is 6. The predicted octanol–water partition coefficient (Wildman–Crippen LogP) is 2.26. The molecule has 0 saturated heterocycles. The highest BCUT2D eigenvalue weighted by atomic mass is 32.2. The highest BCUT2D eigenvalue weighted by Gasteiger charge is 2.30. The van der Waals surface area contributed by atoms with Crippen molar-refractivity contribution in [2.24, 2.45) is 0 Å². The maximum absolute atomic E-state index is 12.0. The van der Waals surface area contributed by atoms with E-state index in [1.807, 2.05) is 12.1 Å². The first kappa shape index (κ1) is 15.2. The molecule has 3 aromatic heterocycles. The number of hydrogen-bond donors (Lipinski definition) is 1. The van der Waals surface area contributed by atoms with Crippen molar-refractivity contribution in [3.8, 4) is 11.4 Å². The summed E-state index contributed by atoms with van der Waals surface area (Å²) in [5.74, 6) is 0.945. The van der Waals surface area contributed by atoms with Gasteiger partial charge in [0, 0.05) is 24.0 Å². The van der Waals surface area contributed by atoms with E-state index in [1.165, 1.54) is 23.1 Å². The fourth-order valence-corrected chi connectivity index (χ4v) is 3.51. The fourth-order valence-electron chi connectivity index (χ4n) is 2.25. The lowest BCUT2D eigenvalue weighted by atomic mass is 10.2. The third-order valence-electron chi connectivity index (χ3n) is 3.45. The lowest BCUT2D eigenvalue weighted by Gasteiger charge is -2.08. The molecular weight excluding hydrogens is 346 g/mol. The van der Waals surface area contributed by atoms with Crippen LogP contribution in [0.3, 0.4) is 0 Å². The molecule has 1 aliphatic rings. The van der Waals surface area contributed by atoms with E-state index in [-0.39, 0.29) is 11.7 Å². The van der Waals surface area contributed by atoms with Gasteiger partial charge in [-0.2, -0.15) is 0 Å². The standard InChI is InChI=1S/C14H13N7OS2/c22-11(17-13-19-16-8-24-13)7-23-14-20-18-12(21(14)10-1-2-10)9-3-5-15-6-4-9/h3-6,8,10H,1-2,7H2,(H,17,19,22). The zero-order chi connectivity index (χ0) is 16.4. The van der Waals surface area contributed by atoms with E-state index in [0.717, 1.165) is 29.4 Å². The van der Waals surface area contributed by atoms with Crippen LogP contribution >= 0.6 is 23.1 Å². The predicted molar refractivity (Wildman–Crippen MR) is 90.8 cm³/mol. The van der Waals surface area contributed by atoms with Crippen molar-refractivity contribution in [2.75, 3.05) is 11.1 Å². The van der Waals surface area contributed by atoms with Gasteiger partial charge in [-0.15, -0.1) is 20.4 Å². The number of hydrogen-bond acceptors (Lipinski definition) is 8. The molecule has 0 atom stereocenters. The Balaban J connectivity index is 1.49. The molecule has 4 rings (SSSR count). The van der Waals surface area contributed by atoms with Crippen LogP contribution in [0.25, 0.3) is 11.4 Å². The average molecular weight is 359 g/mol. The SMILES string of the molecule is O=C(CSc1nnc(-c2ccncc2)n1C1CC1)Nc1nncs1. The lowest BCUT2D eigenvalue weighted by molar-refractivity contribution is -0.113. The number of thioether (sulfide) groups is 1. The van der Waals surface area contributed by atoms with Crippen molar-refractivity contribution in [1.29, 1.82) is 0 Å². The first-order valence-electron chi connectivity index (χ1n) is 7.35. The van der Waals surface area contributed by atoms with Crippen LogP contribution in [-0.2, 0) is 4.79 Å². The molecule has 3 heterocycles. The number of carbonyl (C=O) groups excluding carboxylic acids is 1. The van der Waals surface area contributed by atoms with E-state index < -0.39 is 0 Å². The third-order valence-corrected chi connectivity index (χ3v) is 5.00. The summed E-state index contributed by atoms with van der Waals surface area (Å²) in [6.07, 6.45) is 5.70. The fraction of sp³-hybridized carbons (Fsp3) is 0.286. The molecular formula is C14H13N7OS2. The first-order valence-corrected chi connectivity index (χ1v) is 9.22. The van der Waals surface area contributed by atoms with Gasteiger partial charge in [-0.05, 0) is 25.0 Å². The van der Waals surface area contributed by atoms with Crippen LogP contribution in [0.2, 0.25) is 0 Å². The maximum atomic E-state index is 12.0. The van der Waals surface area contributed by atoms with Gasteiger partial charge in [0.2, 0.25) is 11.0 Å². The smallest absolute Gasteiger partial charge is 0.236 e. The van der Waals surface area contributed by atoms with Gasteiger partial charge in [0.1, 0.15) is 5.51 Å². The molecule has 1 saturated carbocycles. The van der Waals surface area contributed by atoms with Crippen molar-refractivity contribution in [3.05, 3.63) is 30.0 Å². The van der Waals surface area contributed by atoms with Crippen LogP contribution in [0.15, 0.2) is 35.2 Å². The van der Waals surface area contributed by atoms with Gasteiger partial charge in [0.15, 0.2) is 11.0 Å². The molecule has 24 heavy (non-hydrogen) atoms. The van der Waals surface area contributed by atoms with Gasteiger partial charge in [-0.25, -0.2) is 0 Å². The molecule has 0 bridgehead atoms. The summed E-state index contributed by atoms with van der Waals surface area (Å²) in [6.45, 7) is 0. The Bertz CT molecular complexity index is 830. The summed E-state index contributed by atoms with van der Waals surface area (Å²) in [5.41, 5.74) is 2.56. The molecule has 10 heteroatoms. The van der Waals surface area contributed by atoms with E-state index in [4.69, 9.17) is 0 Å². The Hall–Kier alpha value is -2.33. The zero-order valence-corrected chi connectivity index (χ0v) is 14.1. The number of aromatic nitrogens is 6. The quantitative estimate of drug-likeness (QED) is 0.674. The summed E-state index contributed by atoms with van der Waals surface area (Å²) in [5, 5.41) is 20.1. The van der Waals surface area contributed by atoms with E-state index in [9.17, 15) is 4.79 Å². The summed E-state index contributed by atoms with van der Waals surface area (Å²) < 4.78 is 2.12. The second kappa shape index (κ2) is 6.65. The van der Waals surface area contributed by atoms with E-state index >= 15 is 0 Å². The van der Waals surface area contributed by atoms with Gasteiger partial charge in [-0.1, -0.05) is 23.1 Å². The van der Waals surface area contributed by atoms with E-state index in [0.29, 0.717) is 11.2 Å². The number of anilines is 1. The molecule has 3 aromatic rings. The van der Waals surface area contributed by atoms with Crippen LogP contribution in [0.1, 0.15) is 18.9 Å². The summed E-state index contributed by atoms with van der Waals surface area (Å²) in [4.78, 5) is 16.0. The first-order chi connectivity index (χ1) is 11.8. The molecule has 1 fully saturated rings. The van der Waals surface area contributed by atoms with Gasteiger partial charge >= 0.3 is 0 Å². The minimum absolute atomic E-state index is 0.132. The van der Waals surface area contributed by atoms with Crippen LogP contribution in [0.4, 0.5) is 5.13 Å². The van der Waals surface area contributed by atoms with Crippen molar-refractivity contribution < 1.29 is 4.79 Å². The van der Waals surface area contributed by atoms with Crippen LogP contribution in [-0.4, -0.2) is 41.6 Å².